The monoisotopic (exact) mass is 287 g/mol. The van der Waals surface area contributed by atoms with E-state index in [-0.39, 0.29) is 16.4 Å². The van der Waals surface area contributed by atoms with Gasteiger partial charge < -0.3 is 5.11 Å². The van der Waals surface area contributed by atoms with Gasteiger partial charge in [0.1, 0.15) is 11.6 Å². The van der Waals surface area contributed by atoms with Crippen LogP contribution in [-0.4, -0.2) is 9.67 Å². The van der Waals surface area contributed by atoms with Crippen LogP contribution in [-0.2, 0) is 0 Å². The number of thiazole rings is 1. The summed E-state index contributed by atoms with van der Waals surface area (Å²) in [4.78, 5) is 11.8. The fourth-order valence-electron chi connectivity index (χ4n) is 1.94. The Labute approximate surface area is 117 Å². The molecule has 1 aromatic heterocycles. The van der Waals surface area contributed by atoms with Crippen LogP contribution in [0.2, 0.25) is 0 Å². The Hall–Kier alpha value is -2.40. The molecule has 0 amide bonds. The van der Waals surface area contributed by atoms with Gasteiger partial charge in [-0.15, -0.1) is 0 Å². The third-order valence-corrected chi connectivity index (χ3v) is 3.78. The molecular weight excluding hydrogens is 277 g/mol. The van der Waals surface area contributed by atoms with Crippen molar-refractivity contribution in [3.05, 3.63) is 63.5 Å². The number of phenolic OH excluding ortho intramolecular Hbond substituents is 1. The van der Waals surface area contributed by atoms with Gasteiger partial charge in [-0.1, -0.05) is 23.5 Å². The first-order valence-electron chi connectivity index (χ1n) is 5.91. The van der Waals surface area contributed by atoms with Crippen molar-refractivity contribution in [3.63, 3.8) is 0 Å². The predicted molar refractivity (Wildman–Crippen MR) is 79.4 cm³/mol. The van der Waals surface area contributed by atoms with Gasteiger partial charge in [0.25, 0.3) is 0 Å². The predicted octanol–water partition coefficient (Wildman–Crippen LogP) is 3.54. The molecule has 1 N–H and O–H groups in total. The summed E-state index contributed by atoms with van der Waals surface area (Å²) < 4.78 is 15.3. The summed E-state index contributed by atoms with van der Waals surface area (Å²) in [5.74, 6) is -0.195. The quantitative estimate of drug-likeness (QED) is 0.783. The van der Waals surface area contributed by atoms with E-state index in [0.29, 0.717) is 15.8 Å². The van der Waals surface area contributed by atoms with E-state index in [1.807, 2.05) is 0 Å². The third kappa shape index (κ3) is 2.35. The summed E-state index contributed by atoms with van der Waals surface area (Å²) in [5, 5.41) is 9.40. The number of phenols is 1. The molecule has 5 heteroatoms. The molecule has 0 aliphatic rings. The molecule has 3 nitrogen and oxygen atoms in total. The number of rotatable bonds is 2. The Morgan fingerprint density at radius 3 is 2.85 bits per heavy atom. The van der Waals surface area contributed by atoms with Gasteiger partial charge in [-0.3, -0.25) is 9.36 Å². The van der Waals surface area contributed by atoms with Crippen molar-refractivity contribution < 1.29 is 9.50 Å². The molecule has 0 fully saturated rings. The second-order valence-electron chi connectivity index (χ2n) is 4.26. The van der Waals surface area contributed by atoms with Crippen molar-refractivity contribution in [1.82, 2.24) is 4.57 Å². The zero-order chi connectivity index (χ0) is 14.1. The minimum atomic E-state index is -0.320. The minimum absolute atomic E-state index is 0.125. The standard InChI is InChI=1S/C15H10FNO2S/c16-11-3-1-2-10(8-11)6-7-17-13-5-4-12(18)9-14(13)20-15(17)19/h1-9,18H. The topological polar surface area (TPSA) is 42.2 Å². The van der Waals surface area contributed by atoms with Crippen LogP contribution in [0.4, 0.5) is 4.39 Å². The summed E-state index contributed by atoms with van der Waals surface area (Å²) in [7, 11) is 0. The van der Waals surface area contributed by atoms with Crippen LogP contribution in [0.1, 0.15) is 5.56 Å². The molecule has 3 rings (SSSR count). The molecule has 20 heavy (non-hydrogen) atoms. The van der Waals surface area contributed by atoms with Crippen LogP contribution >= 0.6 is 11.3 Å². The number of nitrogens with zero attached hydrogens (tertiary/aromatic N) is 1. The Bertz CT molecular complexity index is 864. The van der Waals surface area contributed by atoms with Gasteiger partial charge in [0, 0.05) is 6.20 Å². The van der Waals surface area contributed by atoms with Crippen LogP contribution in [0.3, 0.4) is 0 Å². The molecule has 0 unspecified atom stereocenters. The van der Waals surface area contributed by atoms with Gasteiger partial charge in [-0.05, 0) is 42.0 Å². The number of hydrogen-bond acceptors (Lipinski definition) is 3. The van der Waals surface area contributed by atoms with Crippen molar-refractivity contribution in [2.24, 2.45) is 0 Å². The molecule has 0 aliphatic heterocycles. The van der Waals surface area contributed by atoms with Gasteiger partial charge in [0.15, 0.2) is 0 Å². The summed E-state index contributed by atoms with van der Waals surface area (Å²) in [5.41, 5.74) is 1.39. The van der Waals surface area contributed by atoms with Gasteiger partial charge in [0.05, 0.1) is 10.2 Å². The highest BCUT2D eigenvalue weighted by atomic mass is 32.1. The lowest BCUT2D eigenvalue weighted by molar-refractivity contribution is 0.476. The first-order chi connectivity index (χ1) is 9.63. The van der Waals surface area contributed by atoms with Gasteiger partial charge in [-0.25, -0.2) is 4.39 Å². The number of aromatic nitrogens is 1. The molecule has 3 aromatic rings. The Kier molecular flexibility index (Phi) is 3.12. The molecule has 0 radical (unpaired) electrons. The van der Waals surface area contributed by atoms with Crippen LogP contribution in [0.25, 0.3) is 22.5 Å². The molecular formula is C15H10FNO2S. The van der Waals surface area contributed by atoms with E-state index in [2.05, 4.69) is 0 Å². The highest BCUT2D eigenvalue weighted by molar-refractivity contribution is 7.16. The largest absolute Gasteiger partial charge is 0.508 e. The van der Waals surface area contributed by atoms with E-state index in [1.165, 1.54) is 22.8 Å². The molecule has 1 heterocycles. The van der Waals surface area contributed by atoms with Crippen molar-refractivity contribution in [2.75, 3.05) is 0 Å². The summed E-state index contributed by atoms with van der Waals surface area (Å²) >= 11 is 1.05. The van der Waals surface area contributed by atoms with E-state index in [4.69, 9.17) is 0 Å². The Balaban J connectivity index is 2.07. The van der Waals surface area contributed by atoms with E-state index >= 15 is 0 Å². The van der Waals surface area contributed by atoms with E-state index in [1.54, 1.807) is 36.5 Å². The fourth-order valence-corrected chi connectivity index (χ4v) is 2.83. The molecule has 2 aromatic carbocycles. The first kappa shape index (κ1) is 12.6. The minimum Gasteiger partial charge on any atom is -0.508 e. The van der Waals surface area contributed by atoms with E-state index in [0.717, 1.165) is 11.3 Å². The van der Waals surface area contributed by atoms with E-state index in [9.17, 15) is 14.3 Å². The number of aromatic hydroxyl groups is 1. The number of halogens is 1. The maximum atomic E-state index is 13.1. The van der Waals surface area contributed by atoms with Gasteiger partial charge in [0.2, 0.25) is 0 Å². The zero-order valence-corrected chi connectivity index (χ0v) is 11.1. The number of fused-ring (bicyclic) bond motifs is 1. The third-order valence-electron chi connectivity index (χ3n) is 2.86. The zero-order valence-electron chi connectivity index (χ0n) is 10.3. The second kappa shape index (κ2) is 4.94. The summed E-state index contributed by atoms with van der Waals surface area (Å²) in [6, 6.07) is 10.9. The lowest BCUT2D eigenvalue weighted by Gasteiger charge is -1.97. The smallest absolute Gasteiger partial charge is 0.312 e. The second-order valence-corrected chi connectivity index (χ2v) is 5.25. The van der Waals surface area contributed by atoms with Gasteiger partial charge >= 0.3 is 4.87 Å². The van der Waals surface area contributed by atoms with Crippen LogP contribution < -0.4 is 4.87 Å². The average molecular weight is 287 g/mol. The summed E-state index contributed by atoms with van der Waals surface area (Å²) in [6.45, 7) is 0. The lowest BCUT2D eigenvalue weighted by Crippen LogP contribution is -2.05. The maximum absolute atomic E-state index is 13.1. The van der Waals surface area contributed by atoms with Gasteiger partial charge in [-0.2, -0.15) is 0 Å². The van der Waals surface area contributed by atoms with Crippen molar-refractivity contribution in [1.29, 1.82) is 0 Å². The molecule has 0 aliphatic carbocycles. The van der Waals surface area contributed by atoms with Crippen LogP contribution in [0.15, 0.2) is 47.3 Å². The first-order valence-corrected chi connectivity index (χ1v) is 6.73. The average Bonchev–Trinajstić information content (AvgIpc) is 2.71. The highest BCUT2D eigenvalue weighted by Gasteiger charge is 2.05. The van der Waals surface area contributed by atoms with Crippen molar-refractivity contribution in [2.45, 2.75) is 0 Å². The van der Waals surface area contributed by atoms with Crippen molar-refractivity contribution in [3.8, 4) is 5.75 Å². The Morgan fingerprint density at radius 1 is 1.20 bits per heavy atom. The number of hydrogen-bond donors (Lipinski definition) is 1. The molecule has 100 valence electrons. The molecule has 0 saturated carbocycles. The molecule has 0 spiro atoms. The molecule has 0 bridgehead atoms. The SMILES string of the molecule is O=c1sc2cc(O)ccc2n1C=Cc1cccc(F)c1. The normalized spacial score (nSPS) is 11.4. The maximum Gasteiger partial charge on any atom is 0.312 e. The Morgan fingerprint density at radius 2 is 2.05 bits per heavy atom. The molecule has 0 saturated heterocycles. The number of benzene rings is 2. The van der Waals surface area contributed by atoms with E-state index < -0.39 is 0 Å². The van der Waals surface area contributed by atoms with Crippen LogP contribution in [0.5, 0.6) is 5.75 Å². The van der Waals surface area contributed by atoms with Crippen molar-refractivity contribution >= 4 is 33.8 Å². The summed E-state index contributed by atoms with van der Waals surface area (Å²) in [6.07, 6.45) is 3.27. The lowest BCUT2D eigenvalue weighted by atomic mass is 10.2. The fraction of sp³-hybridized carbons (Fsp3) is 0. The highest BCUT2D eigenvalue weighted by Crippen LogP contribution is 2.22. The molecule has 0 atom stereocenters. The van der Waals surface area contributed by atoms with Crippen LogP contribution in [0, 0.1) is 5.82 Å².